The molecule has 1 fully saturated rings. The monoisotopic (exact) mass is 379 g/mol. The van der Waals surface area contributed by atoms with Gasteiger partial charge in [-0.25, -0.2) is 4.79 Å². The molecule has 0 aromatic heterocycles. The molecule has 1 aliphatic carbocycles. The molecule has 0 spiro atoms. The molecule has 1 unspecified atom stereocenters. The Morgan fingerprint density at radius 3 is 2.32 bits per heavy atom. The summed E-state index contributed by atoms with van der Waals surface area (Å²) in [6, 6.07) is 11.9. The average molecular weight is 379 g/mol. The zero-order valence-electron chi connectivity index (χ0n) is 16.5. The van der Waals surface area contributed by atoms with Gasteiger partial charge in [-0.05, 0) is 42.7 Å². The van der Waals surface area contributed by atoms with Crippen molar-refractivity contribution in [1.82, 2.24) is 0 Å². The normalized spacial score (nSPS) is 20.5. The Morgan fingerprint density at radius 2 is 1.64 bits per heavy atom. The Labute approximate surface area is 165 Å². The van der Waals surface area contributed by atoms with Gasteiger partial charge in [0.1, 0.15) is 0 Å². The van der Waals surface area contributed by atoms with Gasteiger partial charge in [-0.3, -0.25) is 4.99 Å². The van der Waals surface area contributed by atoms with Gasteiger partial charge in [-0.1, -0.05) is 25.0 Å². The van der Waals surface area contributed by atoms with E-state index in [1.54, 1.807) is 26.4 Å². The van der Waals surface area contributed by atoms with Crippen molar-refractivity contribution >= 4 is 11.7 Å². The number of esters is 1. The van der Waals surface area contributed by atoms with Crippen LogP contribution >= 0.6 is 0 Å². The summed E-state index contributed by atoms with van der Waals surface area (Å²) in [5.41, 5.74) is 4.85. The summed E-state index contributed by atoms with van der Waals surface area (Å²) in [6.07, 6.45) is 4.68. The average Bonchev–Trinajstić information content (AvgIpc) is 2.77. The van der Waals surface area contributed by atoms with Crippen LogP contribution in [0, 0.1) is 0 Å². The zero-order valence-corrected chi connectivity index (χ0v) is 16.5. The van der Waals surface area contributed by atoms with E-state index < -0.39 is 0 Å². The lowest BCUT2D eigenvalue weighted by Gasteiger charge is -2.35. The highest BCUT2D eigenvalue weighted by atomic mass is 16.5. The third-order valence-corrected chi connectivity index (χ3v) is 5.81. The van der Waals surface area contributed by atoms with Crippen LogP contribution in [0.1, 0.15) is 58.6 Å². The van der Waals surface area contributed by atoms with Crippen molar-refractivity contribution in [2.75, 3.05) is 21.3 Å². The van der Waals surface area contributed by atoms with Crippen LogP contribution < -0.4 is 9.47 Å². The maximum atomic E-state index is 11.8. The van der Waals surface area contributed by atoms with Crippen LogP contribution in [0.4, 0.5) is 0 Å². The standard InChI is InChI=1S/C23H25NO4/c1-26-20-12-17-16-6-4-5-7-19(16)24-22(18(17)13-21(20)27-2)14-8-10-15(11-9-14)23(25)28-3/h8-13,16,19H,4-7H2,1-3H3/t16?,19-/m1/s1. The Hall–Kier alpha value is -2.82. The Kier molecular flexibility index (Phi) is 5.07. The van der Waals surface area contributed by atoms with E-state index in [1.807, 2.05) is 18.2 Å². The predicted molar refractivity (Wildman–Crippen MR) is 108 cm³/mol. The van der Waals surface area contributed by atoms with E-state index in [0.717, 1.165) is 35.4 Å². The second kappa shape index (κ2) is 7.66. The molecule has 2 aromatic carbocycles. The fraction of sp³-hybridized carbons (Fsp3) is 0.391. The van der Waals surface area contributed by atoms with Crippen LogP contribution in [0.5, 0.6) is 11.5 Å². The largest absolute Gasteiger partial charge is 0.493 e. The van der Waals surface area contributed by atoms with Gasteiger partial charge in [0.15, 0.2) is 11.5 Å². The summed E-state index contributed by atoms with van der Waals surface area (Å²) in [5, 5.41) is 0. The molecular weight excluding hydrogens is 354 g/mol. The highest BCUT2D eigenvalue weighted by molar-refractivity contribution is 6.15. The van der Waals surface area contributed by atoms with Crippen LogP contribution in [0.25, 0.3) is 0 Å². The Balaban J connectivity index is 1.83. The summed E-state index contributed by atoms with van der Waals surface area (Å²) >= 11 is 0. The third-order valence-electron chi connectivity index (χ3n) is 5.81. The number of nitrogens with zero attached hydrogens (tertiary/aromatic N) is 1. The minimum absolute atomic E-state index is 0.287. The van der Waals surface area contributed by atoms with Crippen molar-refractivity contribution in [2.45, 2.75) is 37.6 Å². The molecule has 0 amide bonds. The smallest absolute Gasteiger partial charge is 0.337 e. The highest BCUT2D eigenvalue weighted by Gasteiger charge is 2.34. The zero-order chi connectivity index (χ0) is 19.7. The molecule has 2 atom stereocenters. The first kappa shape index (κ1) is 18.5. The predicted octanol–water partition coefficient (Wildman–Crippen LogP) is 4.37. The van der Waals surface area contributed by atoms with Gasteiger partial charge in [-0.15, -0.1) is 0 Å². The summed E-state index contributed by atoms with van der Waals surface area (Å²) in [5.74, 6) is 1.54. The number of rotatable bonds is 4. The molecule has 5 nitrogen and oxygen atoms in total. The van der Waals surface area contributed by atoms with Crippen LogP contribution in [0.2, 0.25) is 0 Å². The molecule has 146 valence electrons. The number of fused-ring (bicyclic) bond motifs is 3. The van der Waals surface area contributed by atoms with Crippen LogP contribution in [0.3, 0.4) is 0 Å². The number of hydrogen-bond donors (Lipinski definition) is 0. The molecule has 1 saturated carbocycles. The van der Waals surface area contributed by atoms with Crippen molar-refractivity contribution in [3.05, 3.63) is 58.7 Å². The van der Waals surface area contributed by atoms with Gasteiger partial charge in [0.05, 0.1) is 38.6 Å². The van der Waals surface area contributed by atoms with E-state index in [0.29, 0.717) is 17.2 Å². The molecule has 0 saturated heterocycles. The molecule has 5 heteroatoms. The minimum Gasteiger partial charge on any atom is -0.493 e. The number of hydrogen-bond acceptors (Lipinski definition) is 5. The van der Waals surface area contributed by atoms with E-state index in [-0.39, 0.29) is 12.0 Å². The Bertz CT molecular complexity index is 917. The summed E-state index contributed by atoms with van der Waals surface area (Å²) in [7, 11) is 4.71. The van der Waals surface area contributed by atoms with Crippen LogP contribution in [0.15, 0.2) is 41.4 Å². The van der Waals surface area contributed by atoms with Crippen molar-refractivity contribution < 1.29 is 19.0 Å². The first-order valence-corrected chi connectivity index (χ1v) is 9.69. The fourth-order valence-electron chi connectivity index (χ4n) is 4.38. The summed E-state index contributed by atoms with van der Waals surface area (Å²) in [4.78, 5) is 16.9. The van der Waals surface area contributed by atoms with Crippen molar-refractivity contribution in [3.63, 3.8) is 0 Å². The van der Waals surface area contributed by atoms with E-state index in [4.69, 9.17) is 19.2 Å². The first-order valence-electron chi connectivity index (χ1n) is 9.69. The number of methoxy groups -OCH3 is 3. The number of ether oxygens (including phenoxy) is 3. The van der Waals surface area contributed by atoms with Gasteiger partial charge in [0, 0.05) is 17.0 Å². The van der Waals surface area contributed by atoms with Gasteiger partial charge in [-0.2, -0.15) is 0 Å². The topological polar surface area (TPSA) is 57.1 Å². The van der Waals surface area contributed by atoms with E-state index in [1.165, 1.54) is 25.5 Å². The third kappa shape index (κ3) is 3.15. The lowest BCUT2D eigenvalue weighted by molar-refractivity contribution is 0.0600. The molecule has 0 bridgehead atoms. The molecule has 4 rings (SSSR count). The lowest BCUT2D eigenvalue weighted by Crippen LogP contribution is -2.29. The molecule has 2 aromatic rings. The van der Waals surface area contributed by atoms with E-state index in [9.17, 15) is 4.79 Å². The van der Waals surface area contributed by atoms with Crippen LogP contribution in [-0.4, -0.2) is 39.1 Å². The SMILES string of the molecule is COC(=O)c1ccc(C2=N[C@@H]3CCCCC3c3cc(OC)c(OC)cc32)cc1. The van der Waals surface area contributed by atoms with Crippen molar-refractivity contribution in [2.24, 2.45) is 4.99 Å². The highest BCUT2D eigenvalue weighted by Crippen LogP contribution is 2.44. The van der Waals surface area contributed by atoms with Crippen molar-refractivity contribution in [3.8, 4) is 11.5 Å². The van der Waals surface area contributed by atoms with Gasteiger partial charge < -0.3 is 14.2 Å². The second-order valence-corrected chi connectivity index (χ2v) is 7.30. The number of carbonyl (C=O) groups is 1. The lowest BCUT2D eigenvalue weighted by atomic mass is 9.75. The first-order chi connectivity index (χ1) is 13.7. The van der Waals surface area contributed by atoms with Gasteiger partial charge in [0.2, 0.25) is 0 Å². The summed E-state index contributed by atoms with van der Waals surface area (Å²) < 4.78 is 15.9. The van der Waals surface area contributed by atoms with Gasteiger partial charge in [0.25, 0.3) is 0 Å². The molecule has 1 aliphatic heterocycles. The molecule has 0 N–H and O–H groups in total. The maximum absolute atomic E-state index is 11.8. The minimum atomic E-state index is -0.337. The number of aliphatic imine (C=N–C) groups is 1. The molecule has 28 heavy (non-hydrogen) atoms. The van der Waals surface area contributed by atoms with E-state index >= 15 is 0 Å². The van der Waals surface area contributed by atoms with Crippen molar-refractivity contribution in [1.29, 1.82) is 0 Å². The Morgan fingerprint density at radius 1 is 0.964 bits per heavy atom. The van der Waals surface area contributed by atoms with Crippen LogP contribution in [-0.2, 0) is 4.74 Å². The summed E-state index contributed by atoms with van der Waals surface area (Å²) in [6.45, 7) is 0. The molecule has 2 aliphatic rings. The molecule has 1 heterocycles. The van der Waals surface area contributed by atoms with Gasteiger partial charge >= 0.3 is 5.97 Å². The molecular formula is C23H25NO4. The number of carbonyl (C=O) groups excluding carboxylic acids is 1. The maximum Gasteiger partial charge on any atom is 0.337 e. The van der Waals surface area contributed by atoms with E-state index in [2.05, 4.69) is 6.07 Å². The quantitative estimate of drug-likeness (QED) is 0.741. The second-order valence-electron chi connectivity index (χ2n) is 7.30. The molecule has 0 radical (unpaired) electrons. The number of benzene rings is 2. The fourth-order valence-corrected chi connectivity index (χ4v) is 4.38.